The number of benzene rings is 1. The van der Waals surface area contributed by atoms with Gasteiger partial charge in [-0.3, -0.25) is 4.79 Å². The van der Waals surface area contributed by atoms with Crippen LogP contribution in [0.1, 0.15) is 37.0 Å². The molecule has 0 spiro atoms. The van der Waals surface area contributed by atoms with Gasteiger partial charge in [0.15, 0.2) is 5.78 Å². The second-order valence-electron chi connectivity index (χ2n) is 5.53. The molecule has 1 aliphatic carbocycles. The number of Topliss-reactive ketones (excluding diaryl/α,β-unsaturated/α-hetero) is 1. The number of halogens is 1. The Labute approximate surface area is 125 Å². The van der Waals surface area contributed by atoms with Crippen molar-refractivity contribution in [1.82, 2.24) is 0 Å². The molecule has 1 aromatic rings. The van der Waals surface area contributed by atoms with Crippen LogP contribution in [0.3, 0.4) is 0 Å². The summed E-state index contributed by atoms with van der Waals surface area (Å²) in [6.07, 6.45) is 6.17. The summed E-state index contributed by atoms with van der Waals surface area (Å²) in [6.45, 7) is 4.70. The Kier molecular flexibility index (Phi) is 5.38. The summed E-state index contributed by atoms with van der Waals surface area (Å²) in [6, 6.07) is 6.96. The van der Waals surface area contributed by atoms with E-state index in [-0.39, 0.29) is 5.78 Å². The van der Waals surface area contributed by atoms with Gasteiger partial charge >= 0.3 is 0 Å². The molecule has 108 valence electrons. The van der Waals surface area contributed by atoms with Crippen molar-refractivity contribution in [2.75, 3.05) is 6.61 Å². The summed E-state index contributed by atoms with van der Waals surface area (Å²) in [5.74, 6) is 1.15. The van der Waals surface area contributed by atoms with Gasteiger partial charge in [-0.15, -0.1) is 0 Å². The molecule has 0 amide bonds. The Balaban J connectivity index is 1.88. The topological polar surface area (TPSA) is 26.3 Å². The SMILES string of the molecule is CC(OCC1CC=CCC1C)C(=O)c1ccc(Cl)cc1. The molecule has 0 saturated carbocycles. The molecule has 0 fully saturated rings. The molecule has 3 heteroatoms. The van der Waals surface area contributed by atoms with E-state index in [2.05, 4.69) is 19.1 Å². The molecule has 20 heavy (non-hydrogen) atoms. The average Bonchev–Trinajstić information content (AvgIpc) is 2.46. The predicted octanol–water partition coefficient (Wildman–Crippen LogP) is 4.53. The first-order valence-electron chi connectivity index (χ1n) is 7.14. The zero-order valence-electron chi connectivity index (χ0n) is 12.0. The van der Waals surface area contributed by atoms with Gasteiger partial charge in [0, 0.05) is 10.6 Å². The highest BCUT2D eigenvalue weighted by Gasteiger charge is 2.22. The van der Waals surface area contributed by atoms with Crippen molar-refractivity contribution in [2.45, 2.75) is 32.8 Å². The van der Waals surface area contributed by atoms with Crippen molar-refractivity contribution in [2.24, 2.45) is 11.8 Å². The molecule has 2 nitrogen and oxygen atoms in total. The number of allylic oxidation sites excluding steroid dienone is 2. The van der Waals surface area contributed by atoms with Gasteiger partial charge in [-0.2, -0.15) is 0 Å². The van der Waals surface area contributed by atoms with Gasteiger partial charge in [-0.05, 0) is 55.9 Å². The van der Waals surface area contributed by atoms with Gasteiger partial charge in [0.05, 0.1) is 6.61 Å². The average molecular weight is 293 g/mol. The molecule has 0 radical (unpaired) electrons. The number of ketones is 1. The monoisotopic (exact) mass is 292 g/mol. The first kappa shape index (κ1) is 15.3. The number of hydrogen-bond acceptors (Lipinski definition) is 2. The second kappa shape index (κ2) is 7.05. The van der Waals surface area contributed by atoms with E-state index in [1.807, 2.05) is 6.92 Å². The van der Waals surface area contributed by atoms with Gasteiger partial charge in [-0.25, -0.2) is 0 Å². The summed E-state index contributed by atoms with van der Waals surface area (Å²) in [5.41, 5.74) is 0.651. The minimum absolute atomic E-state index is 0.0145. The molecular formula is C17H21ClO2. The van der Waals surface area contributed by atoms with E-state index in [9.17, 15) is 4.79 Å². The highest BCUT2D eigenvalue weighted by Crippen LogP contribution is 2.25. The quantitative estimate of drug-likeness (QED) is 0.589. The first-order chi connectivity index (χ1) is 9.58. The molecule has 0 heterocycles. The third-order valence-electron chi connectivity index (χ3n) is 3.98. The van der Waals surface area contributed by atoms with Gasteiger partial charge in [0.25, 0.3) is 0 Å². The highest BCUT2D eigenvalue weighted by molar-refractivity contribution is 6.30. The summed E-state index contributed by atoms with van der Waals surface area (Å²) < 4.78 is 5.78. The Morgan fingerprint density at radius 2 is 1.95 bits per heavy atom. The molecule has 0 bridgehead atoms. The molecule has 1 aromatic carbocycles. The van der Waals surface area contributed by atoms with Crippen LogP contribution in [-0.4, -0.2) is 18.5 Å². The molecule has 0 aromatic heterocycles. The van der Waals surface area contributed by atoms with Crippen molar-refractivity contribution >= 4 is 17.4 Å². The maximum atomic E-state index is 12.2. The highest BCUT2D eigenvalue weighted by atomic mass is 35.5. The van der Waals surface area contributed by atoms with Crippen LogP contribution in [0.5, 0.6) is 0 Å². The van der Waals surface area contributed by atoms with Gasteiger partial charge in [0.2, 0.25) is 0 Å². The Hall–Kier alpha value is -1.12. The maximum absolute atomic E-state index is 12.2. The Bertz CT molecular complexity index is 478. The van der Waals surface area contributed by atoms with Crippen molar-refractivity contribution in [3.63, 3.8) is 0 Å². The van der Waals surface area contributed by atoms with Crippen LogP contribution in [0.2, 0.25) is 5.02 Å². The maximum Gasteiger partial charge on any atom is 0.191 e. The van der Waals surface area contributed by atoms with Crippen LogP contribution in [0.25, 0.3) is 0 Å². The lowest BCUT2D eigenvalue weighted by molar-refractivity contribution is 0.0256. The predicted molar refractivity (Wildman–Crippen MR) is 82.2 cm³/mol. The van der Waals surface area contributed by atoms with Crippen LogP contribution in [0, 0.1) is 11.8 Å². The van der Waals surface area contributed by atoms with Crippen LogP contribution in [0.4, 0.5) is 0 Å². The number of ether oxygens (including phenoxy) is 1. The van der Waals surface area contributed by atoms with Crippen LogP contribution < -0.4 is 0 Å². The molecule has 0 N–H and O–H groups in total. The first-order valence-corrected chi connectivity index (χ1v) is 7.52. The molecule has 0 aliphatic heterocycles. The summed E-state index contributed by atoms with van der Waals surface area (Å²) in [7, 11) is 0. The molecule has 0 saturated heterocycles. The summed E-state index contributed by atoms with van der Waals surface area (Å²) in [5, 5.41) is 0.637. The normalized spacial score (nSPS) is 23.6. The number of carbonyl (C=O) groups is 1. The smallest absolute Gasteiger partial charge is 0.191 e. The van der Waals surface area contributed by atoms with Gasteiger partial charge in [0.1, 0.15) is 6.10 Å². The van der Waals surface area contributed by atoms with Crippen molar-refractivity contribution < 1.29 is 9.53 Å². The van der Waals surface area contributed by atoms with Crippen molar-refractivity contribution in [3.8, 4) is 0 Å². The molecule has 3 atom stereocenters. The fourth-order valence-corrected chi connectivity index (χ4v) is 2.56. The van der Waals surface area contributed by atoms with E-state index >= 15 is 0 Å². The minimum Gasteiger partial charge on any atom is -0.370 e. The summed E-state index contributed by atoms with van der Waals surface area (Å²) >= 11 is 5.83. The lowest BCUT2D eigenvalue weighted by Crippen LogP contribution is -2.27. The fourth-order valence-electron chi connectivity index (χ4n) is 2.43. The van der Waals surface area contributed by atoms with Crippen molar-refractivity contribution in [3.05, 3.63) is 47.0 Å². The third kappa shape index (κ3) is 3.94. The zero-order chi connectivity index (χ0) is 14.5. The van der Waals surface area contributed by atoms with E-state index < -0.39 is 6.10 Å². The summed E-state index contributed by atoms with van der Waals surface area (Å²) in [4.78, 5) is 12.2. The largest absolute Gasteiger partial charge is 0.370 e. The lowest BCUT2D eigenvalue weighted by atomic mass is 9.85. The van der Waals surface area contributed by atoms with Crippen molar-refractivity contribution in [1.29, 1.82) is 0 Å². The van der Waals surface area contributed by atoms with E-state index in [0.29, 0.717) is 29.0 Å². The lowest BCUT2D eigenvalue weighted by Gasteiger charge is -2.26. The Morgan fingerprint density at radius 3 is 2.60 bits per heavy atom. The number of rotatable bonds is 5. The number of carbonyl (C=O) groups excluding carboxylic acids is 1. The van der Waals surface area contributed by atoms with Crippen LogP contribution in [-0.2, 0) is 4.74 Å². The number of hydrogen-bond donors (Lipinski definition) is 0. The standard InChI is InChI=1S/C17H21ClO2/c1-12-5-3-4-6-15(12)11-20-13(2)17(19)14-7-9-16(18)10-8-14/h3-4,7-10,12-13,15H,5-6,11H2,1-2H3. The minimum atomic E-state index is -0.408. The van der Waals surface area contributed by atoms with Gasteiger partial charge < -0.3 is 4.74 Å². The van der Waals surface area contributed by atoms with E-state index in [1.165, 1.54) is 0 Å². The van der Waals surface area contributed by atoms with E-state index in [4.69, 9.17) is 16.3 Å². The fraction of sp³-hybridized carbons (Fsp3) is 0.471. The van der Waals surface area contributed by atoms with Gasteiger partial charge in [-0.1, -0.05) is 30.7 Å². The molecule has 2 rings (SSSR count). The zero-order valence-corrected chi connectivity index (χ0v) is 12.8. The van der Waals surface area contributed by atoms with Crippen LogP contribution in [0.15, 0.2) is 36.4 Å². The molecule has 3 unspecified atom stereocenters. The second-order valence-corrected chi connectivity index (χ2v) is 5.96. The van der Waals surface area contributed by atoms with E-state index in [0.717, 1.165) is 12.8 Å². The third-order valence-corrected chi connectivity index (χ3v) is 4.23. The Morgan fingerprint density at radius 1 is 1.30 bits per heavy atom. The van der Waals surface area contributed by atoms with E-state index in [1.54, 1.807) is 24.3 Å². The van der Waals surface area contributed by atoms with Crippen LogP contribution >= 0.6 is 11.6 Å². The molecule has 1 aliphatic rings. The molecular weight excluding hydrogens is 272 g/mol.